The average molecular weight is 275 g/mol. The van der Waals surface area contributed by atoms with E-state index in [0.717, 1.165) is 5.56 Å². The third-order valence-electron chi connectivity index (χ3n) is 2.72. The van der Waals surface area contributed by atoms with Gasteiger partial charge in [-0.25, -0.2) is 9.37 Å². The molecule has 96 valence electrons. The summed E-state index contributed by atoms with van der Waals surface area (Å²) >= 11 is 1.42. The molecule has 2 heterocycles. The van der Waals surface area contributed by atoms with Crippen LogP contribution in [-0.2, 0) is 0 Å². The van der Waals surface area contributed by atoms with E-state index in [0.29, 0.717) is 22.3 Å². The molecular formula is C12H10FN5S. The SMILES string of the molecule is CSc1nc2ncc(-c3ccc(F)cc3)c(N)n2n1. The van der Waals surface area contributed by atoms with E-state index in [1.807, 2.05) is 6.26 Å². The molecule has 0 unspecified atom stereocenters. The number of nitrogens with zero attached hydrogens (tertiary/aromatic N) is 4. The summed E-state index contributed by atoms with van der Waals surface area (Å²) in [4.78, 5) is 8.42. The Morgan fingerprint density at radius 2 is 2.00 bits per heavy atom. The van der Waals surface area contributed by atoms with Crippen molar-refractivity contribution in [1.29, 1.82) is 0 Å². The number of nitrogens with two attached hydrogens (primary N) is 1. The number of nitrogen functional groups attached to an aromatic ring is 1. The molecule has 0 saturated heterocycles. The van der Waals surface area contributed by atoms with Crippen LogP contribution in [0.15, 0.2) is 35.6 Å². The van der Waals surface area contributed by atoms with E-state index in [1.54, 1.807) is 18.3 Å². The molecule has 0 radical (unpaired) electrons. The first-order chi connectivity index (χ1) is 9.19. The lowest BCUT2D eigenvalue weighted by atomic mass is 10.1. The Morgan fingerprint density at radius 1 is 1.26 bits per heavy atom. The normalized spacial score (nSPS) is 11.1. The van der Waals surface area contributed by atoms with Crippen LogP contribution in [0, 0.1) is 5.82 Å². The van der Waals surface area contributed by atoms with E-state index in [2.05, 4.69) is 15.1 Å². The smallest absolute Gasteiger partial charge is 0.255 e. The maximum absolute atomic E-state index is 12.9. The highest BCUT2D eigenvalue weighted by atomic mass is 32.2. The van der Waals surface area contributed by atoms with Gasteiger partial charge in [-0.15, -0.1) is 5.10 Å². The van der Waals surface area contributed by atoms with Crippen molar-refractivity contribution in [3.05, 3.63) is 36.3 Å². The number of anilines is 1. The minimum Gasteiger partial charge on any atom is -0.383 e. The second-order valence-corrected chi connectivity index (χ2v) is 4.65. The van der Waals surface area contributed by atoms with Crippen LogP contribution >= 0.6 is 11.8 Å². The molecule has 2 N–H and O–H groups in total. The number of halogens is 1. The predicted molar refractivity (Wildman–Crippen MR) is 72.4 cm³/mol. The molecule has 19 heavy (non-hydrogen) atoms. The molecule has 2 aromatic heterocycles. The fourth-order valence-corrected chi connectivity index (χ4v) is 2.11. The zero-order valence-corrected chi connectivity index (χ0v) is 10.9. The van der Waals surface area contributed by atoms with Gasteiger partial charge in [0.1, 0.15) is 11.6 Å². The lowest BCUT2D eigenvalue weighted by molar-refractivity contribution is 0.628. The van der Waals surface area contributed by atoms with Gasteiger partial charge in [0.05, 0.1) is 0 Å². The molecule has 0 aliphatic heterocycles. The molecular weight excluding hydrogens is 265 g/mol. The Morgan fingerprint density at radius 3 is 2.68 bits per heavy atom. The highest BCUT2D eigenvalue weighted by Crippen LogP contribution is 2.25. The van der Waals surface area contributed by atoms with Gasteiger partial charge < -0.3 is 5.73 Å². The zero-order chi connectivity index (χ0) is 13.4. The van der Waals surface area contributed by atoms with Gasteiger partial charge in [-0.05, 0) is 24.0 Å². The van der Waals surface area contributed by atoms with E-state index < -0.39 is 0 Å². The zero-order valence-electron chi connectivity index (χ0n) is 10.0. The van der Waals surface area contributed by atoms with Crippen molar-refractivity contribution in [3.63, 3.8) is 0 Å². The number of benzene rings is 1. The van der Waals surface area contributed by atoms with Crippen LogP contribution in [0.1, 0.15) is 0 Å². The van der Waals surface area contributed by atoms with E-state index in [1.165, 1.54) is 28.4 Å². The van der Waals surface area contributed by atoms with Crippen molar-refractivity contribution >= 4 is 23.4 Å². The van der Waals surface area contributed by atoms with Crippen LogP contribution in [0.3, 0.4) is 0 Å². The van der Waals surface area contributed by atoms with Gasteiger partial charge in [0.2, 0.25) is 5.16 Å². The number of hydrogen-bond donors (Lipinski definition) is 1. The van der Waals surface area contributed by atoms with Crippen molar-refractivity contribution in [2.45, 2.75) is 5.16 Å². The van der Waals surface area contributed by atoms with Crippen molar-refractivity contribution in [1.82, 2.24) is 19.6 Å². The lowest BCUT2D eigenvalue weighted by Crippen LogP contribution is -2.02. The van der Waals surface area contributed by atoms with Gasteiger partial charge >= 0.3 is 0 Å². The second kappa shape index (κ2) is 4.51. The van der Waals surface area contributed by atoms with Gasteiger partial charge in [0, 0.05) is 11.8 Å². The van der Waals surface area contributed by atoms with Crippen molar-refractivity contribution in [2.75, 3.05) is 12.0 Å². The number of hydrogen-bond acceptors (Lipinski definition) is 5. The fraction of sp³-hybridized carbons (Fsp3) is 0.0833. The summed E-state index contributed by atoms with van der Waals surface area (Å²) in [6.07, 6.45) is 3.50. The first kappa shape index (κ1) is 11.9. The highest BCUT2D eigenvalue weighted by molar-refractivity contribution is 7.98. The summed E-state index contributed by atoms with van der Waals surface area (Å²) in [6, 6.07) is 6.07. The Labute approximate surface area is 112 Å². The summed E-state index contributed by atoms with van der Waals surface area (Å²) in [5.74, 6) is 0.596. The molecule has 0 aliphatic rings. The third kappa shape index (κ3) is 2.01. The Balaban J connectivity index is 2.19. The van der Waals surface area contributed by atoms with Crippen LogP contribution in [0.4, 0.5) is 10.2 Å². The third-order valence-corrected chi connectivity index (χ3v) is 3.26. The molecule has 7 heteroatoms. The van der Waals surface area contributed by atoms with E-state index >= 15 is 0 Å². The number of thioether (sulfide) groups is 1. The minimum atomic E-state index is -0.290. The largest absolute Gasteiger partial charge is 0.383 e. The summed E-state index contributed by atoms with van der Waals surface area (Å²) in [5, 5.41) is 4.85. The maximum atomic E-state index is 12.9. The predicted octanol–water partition coefficient (Wildman–Crippen LogP) is 2.23. The molecule has 3 rings (SSSR count). The Bertz CT molecular complexity index is 738. The Hall–Kier alpha value is -2.15. The van der Waals surface area contributed by atoms with Crippen molar-refractivity contribution in [2.24, 2.45) is 0 Å². The summed E-state index contributed by atoms with van der Waals surface area (Å²) in [7, 11) is 0. The number of aromatic nitrogens is 4. The summed E-state index contributed by atoms with van der Waals surface area (Å²) < 4.78 is 14.4. The van der Waals surface area contributed by atoms with Gasteiger partial charge in [-0.2, -0.15) is 9.50 Å². The van der Waals surface area contributed by atoms with Gasteiger partial charge in [0.15, 0.2) is 0 Å². The second-order valence-electron chi connectivity index (χ2n) is 3.87. The van der Waals surface area contributed by atoms with Crippen LogP contribution in [-0.4, -0.2) is 25.8 Å². The highest BCUT2D eigenvalue weighted by Gasteiger charge is 2.11. The van der Waals surface area contributed by atoms with E-state index in [9.17, 15) is 4.39 Å². The lowest BCUT2D eigenvalue weighted by Gasteiger charge is -2.06. The molecule has 0 spiro atoms. The quantitative estimate of drug-likeness (QED) is 0.726. The number of rotatable bonds is 2. The minimum absolute atomic E-state index is 0.290. The Kier molecular flexibility index (Phi) is 2.83. The molecule has 0 aliphatic carbocycles. The maximum Gasteiger partial charge on any atom is 0.255 e. The molecule has 0 amide bonds. The molecule has 3 aromatic rings. The van der Waals surface area contributed by atoms with Crippen LogP contribution < -0.4 is 5.73 Å². The standard InChI is InChI=1S/C12H10FN5S/c1-19-12-16-11-15-6-9(10(14)18(11)17-12)7-2-4-8(13)5-3-7/h2-6H,14H2,1H3. The van der Waals surface area contributed by atoms with Crippen LogP contribution in [0.25, 0.3) is 16.9 Å². The summed E-state index contributed by atoms with van der Waals surface area (Å²) in [6.45, 7) is 0. The molecule has 1 aromatic carbocycles. The topological polar surface area (TPSA) is 69.1 Å². The van der Waals surface area contributed by atoms with Crippen molar-refractivity contribution < 1.29 is 4.39 Å². The molecule has 0 saturated carbocycles. The monoisotopic (exact) mass is 275 g/mol. The fourth-order valence-electron chi connectivity index (χ4n) is 1.77. The van der Waals surface area contributed by atoms with E-state index in [4.69, 9.17) is 5.73 Å². The van der Waals surface area contributed by atoms with Gasteiger partial charge in [-0.1, -0.05) is 23.9 Å². The van der Waals surface area contributed by atoms with Gasteiger partial charge in [-0.3, -0.25) is 0 Å². The first-order valence-corrected chi connectivity index (χ1v) is 6.72. The summed E-state index contributed by atoms with van der Waals surface area (Å²) in [5.41, 5.74) is 7.56. The van der Waals surface area contributed by atoms with Crippen molar-refractivity contribution in [3.8, 4) is 11.1 Å². The number of fused-ring (bicyclic) bond motifs is 1. The van der Waals surface area contributed by atoms with Gasteiger partial charge in [0.25, 0.3) is 5.78 Å². The van der Waals surface area contributed by atoms with E-state index in [-0.39, 0.29) is 5.82 Å². The molecule has 0 fully saturated rings. The molecule has 0 atom stereocenters. The van der Waals surface area contributed by atoms with Crippen LogP contribution in [0.2, 0.25) is 0 Å². The van der Waals surface area contributed by atoms with Crippen LogP contribution in [0.5, 0.6) is 0 Å². The first-order valence-electron chi connectivity index (χ1n) is 5.50. The molecule has 5 nitrogen and oxygen atoms in total. The average Bonchev–Trinajstić information content (AvgIpc) is 2.85. The molecule has 0 bridgehead atoms.